The fourth-order valence-electron chi connectivity index (χ4n) is 18.5. The second-order valence-electron chi connectivity index (χ2n) is 30.2. The van der Waals surface area contributed by atoms with Gasteiger partial charge in [0.25, 0.3) is 6.71 Å². The molecule has 0 bridgehead atoms. The molecule has 114 heavy (non-hydrogen) atoms. The number of furan rings is 2. The average Bonchev–Trinajstić information content (AvgIpc) is 0.893. The van der Waals surface area contributed by atoms with Gasteiger partial charge >= 0.3 is 0 Å². The normalized spacial score (nSPS) is 12.3. The molecule has 5 heterocycles. The molecule has 0 radical (unpaired) electrons. The average molecular weight is 1450 g/mol. The summed E-state index contributed by atoms with van der Waals surface area (Å²) in [5.41, 5.74) is 36.7. The molecule has 0 fully saturated rings. The molecular formula is C108H68BN3O2. The molecule has 0 saturated heterocycles. The van der Waals surface area contributed by atoms with Gasteiger partial charge in [-0.1, -0.05) is 297 Å². The van der Waals surface area contributed by atoms with Crippen LogP contribution in [0.4, 0.5) is 34.1 Å². The molecule has 5 nitrogen and oxygen atoms in total. The van der Waals surface area contributed by atoms with Crippen molar-refractivity contribution in [3.05, 3.63) is 413 Å². The van der Waals surface area contributed by atoms with Crippen molar-refractivity contribution in [1.29, 1.82) is 0 Å². The zero-order valence-electron chi connectivity index (χ0n) is 62.0. The second kappa shape index (κ2) is 26.4. The number of hydrogen-bond donors (Lipinski definition) is 0. The Morgan fingerprint density at radius 1 is 0.193 bits per heavy atom. The Kier molecular flexibility index (Phi) is 15.0. The SMILES string of the molecule is c1ccc(-c2cc(-c3ccccc3)c(N3c4cc(-c5ccc6oc7ccccc7c6c5)ccc4B4c5ccc(-c6ccc7oc8ccccc8c7c6)cc5N(c5c(-c6ccccc6)cc(-c6ccccc6)cc5-c5ccccc5)c5cc(-c6ccc7c(c6)c6ccccc6n7-c6ccccc6)cc3c54)c(-c3ccccc3)c2)cc1. The third-order valence-electron chi connectivity index (χ3n) is 23.7. The molecule has 0 unspecified atom stereocenters. The molecule has 2 aliphatic heterocycles. The smallest absolute Gasteiger partial charge is 0.252 e. The molecule has 2 aliphatic rings. The first kappa shape index (κ1) is 65.0. The fraction of sp³-hybridized carbons (Fsp3) is 0. The summed E-state index contributed by atoms with van der Waals surface area (Å²) in [6.07, 6.45) is 0. The molecular weight excluding hydrogens is 1380 g/mol. The lowest BCUT2D eigenvalue weighted by Crippen LogP contribution is -2.61. The Labute approximate surface area is 660 Å². The van der Waals surface area contributed by atoms with E-state index in [9.17, 15) is 0 Å². The van der Waals surface area contributed by atoms with Crippen molar-refractivity contribution in [3.8, 4) is 106 Å². The van der Waals surface area contributed by atoms with Crippen molar-refractivity contribution in [1.82, 2.24) is 4.57 Å². The first-order chi connectivity index (χ1) is 56.5. The van der Waals surface area contributed by atoms with Crippen LogP contribution in [0.3, 0.4) is 0 Å². The highest BCUT2D eigenvalue weighted by Gasteiger charge is 2.46. The fourth-order valence-corrected chi connectivity index (χ4v) is 18.5. The van der Waals surface area contributed by atoms with Crippen LogP contribution >= 0.6 is 0 Å². The summed E-state index contributed by atoms with van der Waals surface area (Å²) in [5, 5.41) is 6.69. The van der Waals surface area contributed by atoms with Crippen LogP contribution in [0.25, 0.3) is 172 Å². The lowest BCUT2D eigenvalue weighted by atomic mass is 9.33. The van der Waals surface area contributed by atoms with E-state index in [2.05, 4.69) is 427 Å². The minimum Gasteiger partial charge on any atom is -0.456 e. The van der Waals surface area contributed by atoms with E-state index in [-0.39, 0.29) is 6.71 Å². The number of para-hydroxylation sites is 4. The lowest BCUT2D eigenvalue weighted by molar-refractivity contribution is 0.668. The third kappa shape index (κ3) is 10.6. The zero-order valence-corrected chi connectivity index (χ0v) is 62.0. The van der Waals surface area contributed by atoms with Crippen molar-refractivity contribution in [2.24, 2.45) is 0 Å². The van der Waals surface area contributed by atoms with E-state index in [0.29, 0.717) is 0 Å². The molecule has 0 N–H and O–H groups in total. The Balaban J connectivity index is 0.894. The van der Waals surface area contributed by atoms with Crippen molar-refractivity contribution in [2.45, 2.75) is 0 Å². The van der Waals surface area contributed by atoms with E-state index in [0.717, 1.165) is 195 Å². The van der Waals surface area contributed by atoms with Crippen molar-refractivity contribution < 1.29 is 8.83 Å². The number of nitrogens with zero attached hydrogens (tertiary/aromatic N) is 3. The second-order valence-corrected chi connectivity index (χ2v) is 30.2. The van der Waals surface area contributed by atoms with Gasteiger partial charge in [-0.3, -0.25) is 0 Å². The van der Waals surface area contributed by atoms with Crippen LogP contribution in [-0.2, 0) is 0 Å². The molecule has 0 atom stereocenters. The summed E-state index contributed by atoms with van der Waals surface area (Å²) >= 11 is 0. The number of aromatic nitrogens is 1. The molecule has 0 saturated carbocycles. The summed E-state index contributed by atoms with van der Waals surface area (Å²) in [6.45, 7) is -0.315. The molecule has 3 aromatic heterocycles. The van der Waals surface area contributed by atoms with Gasteiger partial charge in [0.2, 0.25) is 0 Å². The summed E-state index contributed by atoms with van der Waals surface area (Å²) < 4.78 is 15.6. The molecule has 23 rings (SSSR count). The summed E-state index contributed by atoms with van der Waals surface area (Å²) in [6, 6.07) is 153. The zero-order chi connectivity index (χ0) is 74.9. The van der Waals surface area contributed by atoms with Crippen LogP contribution in [0, 0.1) is 0 Å². The molecule has 21 aromatic rings. The van der Waals surface area contributed by atoms with Gasteiger partial charge in [0, 0.05) is 83.0 Å². The van der Waals surface area contributed by atoms with Crippen LogP contribution in [0.5, 0.6) is 0 Å². The van der Waals surface area contributed by atoms with Gasteiger partial charge in [0.15, 0.2) is 0 Å². The number of hydrogen-bond acceptors (Lipinski definition) is 4. The predicted molar refractivity (Wildman–Crippen MR) is 478 cm³/mol. The van der Waals surface area contributed by atoms with Gasteiger partial charge < -0.3 is 23.2 Å². The van der Waals surface area contributed by atoms with E-state index in [4.69, 9.17) is 8.83 Å². The van der Waals surface area contributed by atoms with E-state index in [1.807, 2.05) is 0 Å². The van der Waals surface area contributed by atoms with E-state index in [1.54, 1.807) is 0 Å². The van der Waals surface area contributed by atoms with Crippen LogP contribution < -0.4 is 26.2 Å². The maximum atomic E-state index is 6.58. The summed E-state index contributed by atoms with van der Waals surface area (Å²) in [5.74, 6) is 0. The van der Waals surface area contributed by atoms with Gasteiger partial charge in [0.05, 0.1) is 22.4 Å². The summed E-state index contributed by atoms with van der Waals surface area (Å²) in [4.78, 5) is 5.39. The Morgan fingerprint density at radius 3 is 0.939 bits per heavy atom. The van der Waals surface area contributed by atoms with Gasteiger partial charge in [-0.2, -0.15) is 0 Å². The Morgan fingerprint density at radius 2 is 0.500 bits per heavy atom. The van der Waals surface area contributed by atoms with Gasteiger partial charge in [-0.05, 0) is 210 Å². The van der Waals surface area contributed by atoms with Crippen LogP contribution in [-0.4, -0.2) is 11.3 Å². The molecule has 0 aliphatic carbocycles. The molecule has 18 aromatic carbocycles. The highest BCUT2D eigenvalue weighted by Crippen LogP contribution is 2.56. The summed E-state index contributed by atoms with van der Waals surface area (Å²) in [7, 11) is 0. The van der Waals surface area contributed by atoms with Crippen molar-refractivity contribution in [2.75, 3.05) is 9.80 Å². The predicted octanol–water partition coefficient (Wildman–Crippen LogP) is 27.7. The Hall–Kier alpha value is -15.0. The van der Waals surface area contributed by atoms with Gasteiger partial charge in [-0.25, -0.2) is 0 Å². The third-order valence-corrected chi connectivity index (χ3v) is 23.7. The van der Waals surface area contributed by atoms with E-state index >= 15 is 0 Å². The molecule has 0 amide bonds. The number of anilines is 6. The van der Waals surface area contributed by atoms with Crippen molar-refractivity contribution >= 4 is 123 Å². The molecule has 6 heteroatoms. The largest absolute Gasteiger partial charge is 0.456 e. The van der Waals surface area contributed by atoms with Crippen LogP contribution in [0.15, 0.2) is 421 Å². The maximum absolute atomic E-state index is 6.58. The minimum absolute atomic E-state index is 0.315. The van der Waals surface area contributed by atoms with E-state index < -0.39 is 0 Å². The molecule has 0 spiro atoms. The standard InChI is InChI=1S/C108H68BN3O2/c1-8-28-69(29-9-1)80-61-87(71-32-12-3-13-33-71)107(88(62-80)72-34-14-4-15-35-72)111-98-65-78(75-51-56-104-92(59-75)85-43-23-26-46-102(85)113-104)48-53-94(98)109-95-54-49-79(76-52-57-105-93(60-76)86-44-24-27-47-103(86)114-105)66-99(95)112(108-89(73-36-16-5-17-37-73)63-81(70-30-10-2-11-31-70)64-90(108)74-38-18-6-19-39-74)101-68-82(67-100(111)106(101)109)77-50-55-97-91(58-77)84-42-22-25-45-96(84)110(97)83-40-20-7-21-41-83/h1-68H. The monoisotopic (exact) mass is 1450 g/mol. The first-order valence-corrected chi connectivity index (χ1v) is 39.2. The highest BCUT2D eigenvalue weighted by molar-refractivity contribution is 7.00. The minimum atomic E-state index is -0.315. The first-order valence-electron chi connectivity index (χ1n) is 39.2. The highest BCUT2D eigenvalue weighted by atomic mass is 16.3. The Bertz CT molecular complexity index is 6920. The van der Waals surface area contributed by atoms with Crippen LogP contribution in [0.1, 0.15) is 0 Å². The van der Waals surface area contributed by atoms with Crippen LogP contribution in [0.2, 0.25) is 0 Å². The van der Waals surface area contributed by atoms with Gasteiger partial charge in [-0.15, -0.1) is 0 Å². The number of fused-ring (bicyclic) bond motifs is 13. The maximum Gasteiger partial charge on any atom is 0.252 e. The van der Waals surface area contributed by atoms with Gasteiger partial charge in [0.1, 0.15) is 22.3 Å². The van der Waals surface area contributed by atoms with E-state index in [1.165, 1.54) is 27.2 Å². The van der Waals surface area contributed by atoms with Crippen molar-refractivity contribution in [3.63, 3.8) is 0 Å². The number of rotatable bonds is 12. The topological polar surface area (TPSA) is 37.7 Å². The lowest BCUT2D eigenvalue weighted by Gasteiger charge is -2.46. The molecule has 530 valence electrons. The number of benzene rings is 18. The quantitative estimate of drug-likeness (QED) is 0.114.